The number of anilines is 3. The molecular formula is C12H21N5. The van der Waals surface area contributed by atoms with Gasteiger partial charge in [0.15, 0.2) is 0 Å². The van der Waals surface area contributed by atoms with E-state index in [1.54, 1.807) is 0 Å². The second-order valence-corrected chi connectivity index (χ2v) is 4.61. The van der Waals surface area contributed by atoms with E-state index in [4.69, 9.17) is 5.73 Å². The van der Waals surface area contributed by atoms with Crippen LogP contribution in [-0.4, -0.2) is 23.6 Å². The summed E-state index contributed by atoms with van der Waals surface area (Å²) in [4.78, 5) is 8.21. The maximum Gasteiger partial charge on any atom is 0.223 e. The molecule has 0 saturated heterocycles. The smallest absolute Gasteiger partial charge is 0.223 e. The van der Waals surface area contributed by atoms with Gasteiger partial charge in [0.25, 0.3) is 0 Å². The van der Waals surface area contributed by atoms with E-state index < -0.39 is 0 Å². The number of nitrogens with one attached hydrogen (secondary N) is 2. The number of hydrogen-bond acceptors (Lipinski definition) is 5. The molecule has 1 heterocycles. The monoisotopic (exact) mass is 235 g/mol. The Bertz CT molecular complexity index is 360. The minimum absolute atomic E-state index is 0.306. The number of nitrogens with zero attached hydrogens (tertiary/aromatic N) is 2. The van der Waals surface area contributed by atoms with Crippen LogP contribution in [0.1, 0.15) is 32.1 Å². The second-order valence-electron chi connectivity index (χ2n) is 4.61. The first kappa shape index (κ1) is 12.0. The van der Waals surface area contributed by atoms with E-state index in [0.29, 0.717) is 5.95 Å². The van der Waals surface area contributed by atoms with Crippen LogP contribution in [0.3, 0.4) is 0 Å². The Balaban J connectivity index is 1.83. The van der Waals surface area contributed by atoms with Crippen molar-refractivity contribution in [3.8, 4) is 0 Å². The summed E-state index contributed by atoms with van der Waals surface area (Å²) in [6, 6.07) is 1.88. The quantitative estimate of drug-likeness (QED) is 0.728. The molecule has 4 N–H and O–H groups in total. The number of nitrogen functional groups attached to an aromatic ring is 1. The molecule has 94 valence electrons. The molecule has 1 fully saturated rings. The average molecular weight is 235 g/mol. The van der Waals surface area contributed by atoms with E-state index in [1.807, 2.05) is 13.1 Å². The van der Waals surface area contributed by atoms with Crippen molar-refractivity contribution in [3.63, 3.8) is 0 Å². The van der Waals surface area contributed by atoms with Crippen LogP contribution in [0.5, 0.6) is 0 Å². The molecule has 1 aliphatic carbocycles. The Hall–Kier alpha value is -1.52. The van der Waals surface area contributed by atoms with Gasteiger partial charge in [0.05, 0.1) is 0 Å². The zero-order valence-electron chi connectivity index (χ0n) is 10.4. The first-order valence-electron chi connectivity index (χ1n) is 6.34. The van der Waals surface area contributed by atoms with Crippen LogP contribution in [0.2, 0.25) is 0 Å². The van der Waals surface area contributed by atoms with Gasteiger partial charge in [-0.1, -0.05) is 25.7 Å². The van der Waals surface area contributed by atoms with Crippen LogP contribution >= 0.6 is 0 Å². The third-order valence-corrected chi connectivity index (χ3v) is 3.33. The molecule has 0 unspecified atom stereocenters. The van der Waals surface area contributed by atoms with Crippen LogP contribution in [0.15, 0.2) is 6.07 Å². The molecule has 1 aromatic rings. The van der Waals surface area contributed by atoms with Crippen molar-refractivity contribution in [1.29, 1.82) is 0 Å². The third kappa shape index (κ3) is 3.47. The number of hydrogen-bond donors (Lipinski definition) is 3. The SMILES string of the molecule is CNc1cc(NCCC2CCCC2)nc(N)n1. The zero-order valence-corrected chi connectivity index (χ0v) is 10.4. The van der Waals surface area contributed by atoms with Crippen molar-refractivity contribution in [2.24, 2.45) is 5.92 Å². The number of rotatable bonds is 5. The summed E-state index contributed by atoms with van der Waals surface area (Å²) in [5, 5.41) is 6.28. The van der Waals surface area contributed by atoms with Crippen LogP contribution in [0.4, 0.5) is 17.6 Å². The lowest BCUT2D eigenvalue weighted by Crippen LogP contribution is -2.10. The molecule has 17 heavy (non-hydrogen) atoms. The second kappa shape index (κ2) is 5.70. The molecule has 0 radical (unpaired) electrons. The Morgan fingerprint density at radius 1 is 1.29 bits per heavy atom. The summed E-state index contributed by atoms with van der Waals surface area (Å²) >= 11 is 0. The fourth-order valence-corrected chi connectivity index (χ4v) is 2.39. The summed E-state index contributed by atoms with van der Waals surface area (Å²) in [5.41, 5.74) is 5.63. The van der Waals surface area contributed by atoms with Crippen molar-refractivity contribution in [2.75, 3.05) is 30.0 Å². The topological polar surface area (TPSA) is 75.9 Å². The van der Waals surface area contributed by atoms with Crippen LogP contribution < -0.4 is 16.4 Å². The van der Waals surface area contributed by atoms with Gasteiger partial charge >= 0.3 is 0 Å². The highest BCUT2D eigenvalue weighted by molar-refractivity contribution is 5.50. The van der Waals surface area contributed by atoms with Gasteiger partial charge in [-0.05, 0) is 12.3 Å². The highest BCUT2D eigenvalue weighted by Crippen LogP contribution is 2.27. The standard InChI is InChI=1S/C12H21N5/c1-14-10-8-11(17-12(13)16-10)15-7-6-9-4-2-3-5-9/h8-9H,2-7H2,1H3,(H4,13,14,15,16,17). The van der Waals surface area contributed by atoms with Gasteiger partial charge in [-0.2, -0.15) is 9.97 Å². The van der Waals surface area contributed by atoms with E-state index in [1.165, 1.54) is 32.1 Å². The predicted molar refractivity (Wildman–Crippen MR) is 71.1 cm³/mol. The Morgan fingerprint density at radius 2 is 2.00 bits per heavy atom. The van der Waals surface area contributed by atoms with Crippen LogP contribution in [0, 0.1) is 5.92 Å². The van der Waals surface area contributed by atoms with Crippen molar-refractivity contribution < 1.29 is 0 Å². The third-order valence-electron chi connectivity index (χ3n) is 3.33. The van der Waals surface area contributed by atoms with E-state index in [0.717, 1.165) is 24.1 Å². The van der Waals surface area contributed by atoms with Crippen LogP contribution in [0.25, 0.3) is 0 Å². The Morgan fingerprint density at radius 3 is 2.71 bits per heavy atom. The highest BCUT2D eigenvalue weighted by Gasteiger charge is 2.14. The highest BCUT2D eigenvalue weighted by atomic mass is 15.1. The van der Waals surface area contributed by atoms with Gasteiger partial charge in [0.2, 0.25) is 5.95 Å². The fraction of sp³-hybridized carbons (Fsp3) is 0.667. The zero-order chi connectivity index (χ0) is 12.1. The van der Waals surface area contributed by atoms with Crippen molar-refractivity contribution in [3.05, 3.63) is 6.07 Å². The van der Waals surface area contributed by atoms with Crippen molar-refractivity contribution >= 4 is 17.6 Å². The minimum atomic E-state index is 0.306. The number of aromatic nitrogens is 2. The molecule has 0 atom stereocenters. The molecule has 1 aliphatic rings. The maximum atomic E-state index is 5.63. The predicted octanol–water partition coefficient (Wildman–Crippen LogP) is 2.09. The van der Waals surface area contributed by atoms with Gasteiger partial charge in [0, 0.05) is 19.7 Å². The molecular weight excluding hydrogens is 214 g/mol. The summed E-state index contributed by atoms with van der Waals surface area (Å²) in [5.74, 6) is 2.76. The average Bonchev–Trinajstić information content (AvgIpc) is 2.81. The van der Waals surface area contributed by atoms with Gasteiger partial charge in [-0.3, -0.25) is 0 Å². The van der Waals surface area contributed by atoms with E-state index in [2.05, 4.69) is 20.6 Å². The maximum absolute atomic E-state index is 5.63. The van der Waals surface area contributed by atoms with Gasteiger partial charge in [-0.25, -0.2) is 0 Å². The lowest BCUT2D eigenvalue weighted by Gasteiger charge is -2.11. The summed E-state index contributed by atoms with van der Waals surface area (Å²) < 4.78 is 0. The molecule has 5 nitrogen and oxygen atoms in total. The molecule has 0 amide bonds. The number of nitrogens with two attached hydrogens (primary N) is 1. The van der Waals surface area contributed by atoms with Crippen molar-refractivity contribution in [2.45, 2.75) is 32.1 Å². The van der Waals surface area contributed by atoms with Gasteiger partial charge in [0.1, 0.15) is 11.6 Å². The molecule has 0 bridgehead atoms. The molecule has 5 heteroatoms. The van der Waals surface area contributed by atoms with E-state index in [9.17, 15) is 0 Å². The fourth-order valence-electron chi connectivity index (χ4n) is 2.39. The molecule has 1 saturated carbocycles. The molecule has 2 rings (SSSR count). The van der Waals surface area contributed by atoms with E-state index in [-0.39, 0.29) is 0 Å². The summed E-state index contributed by atoms with van der Waals surface area (Å²) in [7, 11) is 1.82. The lowest BCUT2D eigenvalue weighted by atomic mass is 10.0. The van der Waals surface area contributed by atoms with Gasteiger partial charge in [-0.15, -0.1) is 0 Å². The molecule has 0 aliphatic heterocycles. The first-order valence-corrected chi connectivity index (χ1v) is 6.34. The molecule has 0 aromatic carbocycles. The van der Waals surface area contributed by atoms with Crippen LogP contribution in [-0.2, 0) is 0 Å². The Labute approximate surface area is 102 Å². The van der Waals surface area contributed by atoms with E-state index >= 15 is 0 Å². The molecule has 1 aromatic heterocycles. The largest absolute Gasteiger partial charge is 0.373 e. The normalized spacial score (nSPS) is 16.1. The summed E-state index contributed by atoms with van der Waals surface area (Å²) in [6.45, 7) is 0.963. The van der Waals surface area contributed by atoms with Gasteiger partial charge < -0.3 is 16.4 Å². The Kier molecular flexibility index (Phi) is 4.01. The lowest BCUT2D eigenvalue weighted by molar-refractivity contribution is 0.518. The van der Waals surface area contributed by atoms with Crippen molar-refractivity contribution in [1.82, 2.24) is 9.97 Å². The summed E-state index contributed by atoms with van der Waals surface area (Å²) in [6.07, 6.45) is 6.79. The minimum Gasteiger partial charge on any atom is -0.373 e. The first-order chi connectivity index (χ1) is 8.28. The molecule has 0 spiro atoms.